The third-order valence-electron chi connectivity index (χ3n) is 4.28. The van der Waals surface area contributed by atoms with Crippen molar-refractivity contribution >= 4 is 0 Å². The predicted octanol–water partition coefficient (Wildman–Crippen LogP) is 2.21. The summed E-state index contributed by atoms with van der Waals surface area (Å²) in [6.45, 7) is 4.60. The molecule has 2 aliphatic rings. The highest BCUT2D eigenvalue weighted by molar-refractivity contribution is 5.42. The zero-order valence-corrected chi connectivity index (χ0v) is 9.79. The summed E-state index contributed by atoms with van der Waals surface area (Å²) in [6, 6.07) is 5.92. The van der Waals surface area contributed by atoms with Crippen LogP contribution in [0.2, 0.25) is 0 Å². The van der Waals surface area contributed by atoms with Crippen LogP contribution in [0.15, 0.2) is 18.2 Å². The maximum Gasteiger partial charge on any atom is 0.115 e. The van der Waals surface area contributed by atoms with Crippen molar-refractivity contribution < 1.29 is 5.11 Å². The number of hydrogen-bond acceptors (Lipinski definition) is 2. The van der Waals surface area contributed by atoms with Gasteiger partial charge in [-0.05, 0) is 66.9 Å². The molecule has 16 heavy (non-hydrogen) atoms. The van der Waals surface area contributed by atoms with E-state index in [-0.39, 0.29) is 5.41 Å². The van der Waals surface area contributed by atoms with Gasteiger partial charge in [0.2, 0.25) is 0 Å². The Labute approximate surface area is 96.7 Å². The number of rotatable bonds is 0. The van der Waals surface area contributed by atoms with E-state index in [1.807, 2.05) is 12.1 Å². The molecular formula is C14H19NO. The van der Waals surface area contributed by atoms with Crippen molar-refractivity contribution in [1.82, 2.24) is 5.32 Å². The van der Waals surface area contributed by atoms with E-state index in [0.717, 1.165) is 25.4 Å². The maximum absolute atomic E-state index is 9.65. The Bertz CT molecular complexity index is 415. The number of hydrogen-bond donors (Lipinski definition) is 2. The highest BCUT2D eigenvalue weighted by Crippen LogP contribution is 2.44. The van der Waals surface area contributed by atoms with Gasteiger partial charge in [-0.25, -0.2) is 0 Å². The van der Waals surface area contributed by atoms with Gasteiger partial charge in [0.15, 0.2) is 0 Å². The molecule has 0 radical (unpaired) electrons. The minimum atomic E-state index is 0.264. The van der Waals surface area contributed by atoms with E-state index in [2.05, 4.69) is 18.3 Å². The van der Waals surface area contributed by atoms with Crippen LogP contribution >= 0.6 is 0 Å². The summed E-state index contributed by atoms with van der Waals surface area (Å²) in [5.41, 5.74) is 3.09. The lowest BCUT2D eigenvalue weighted by molar-refractivity contribution is 0.322. The second-order valence-corrected chi connectivity index (χ2v) is 5.63. The number of fused-ring (bicyclic) bond motifs is 4. The van der Waals surface area contributed by atoms with Crippen molar-refractivity contribution in [2.24, 2.45) is 5.92 Å². The lowest BCUT2D eigenvalue weighted by atomic mass is 9.66. The van der Waals surface area contributed by atoms with Crippen LogP contribution in [0.1, 0.15) is 30.9 Å². The van der Waals surface area contributed by atoms with E-state index in [0.29, 0.717) is 5.75 Å². The first kappa shape index (κ1) is 10.2. The first-order valence-corrected chi connectivity index (χ1v) is 6.20. The van der Waals surface area contributed by atoms with Crippen LogP contribution in [-0.2, 0) is 11.8 Å². The lowest BCUT2D eigenvalue weighted by Crippen LogP contribution is -2.32. The average Bonchev–Trinajstić information content (AvgIpc) is 2.40. The molecule has 1 fully saturated rings. The zero-order valence-electron chi connectivity index (χ0n) is 9.79. The van der Waals surface area contributed by atoms with E-state index in [1.165, 1.54) is 24.0 Å². The summed E-state index contributed by atoms with van der Waals surface area (Å²) in [6.07, 6.45) is 3.61. The quantitative estimate of drug-likeness (QED) is 0.698. The SMILES string of the molecule is C[C@@]12CCNCC(Cc3ccc(O)cc31)C2. The molecule has 1 heterocycles. The second-order valence-electron chi connectivity index (χ2n) is 5.63. The summed E-state index contributed by atoms with van der Waals surface area (Å²) >= 11 is 0. The standard InChI is InChI=1S/C14H19NO/c1-14-4-5-15-9-10(8-14)6-11-2-3-12(16)7-13(11)14/h2-3,7,10,15-16H,4-6,8-9H2,1H3/t10?,14-/m0/s1. The minimum absolute atomic E-state index is 0.264. The summed E-state index contributed by atoms with van der Waals surface area (Å²) in [7, 11) is 0. The first-order chi connectivity index (χ1) is 7.67. The van der Waals surface area contributed by atoms with Crippen LogP contribution in [-0.4, -0.2) is 18.2 Å². The van der Waals surface area contributed by atoms with Crippen molar-refractivity contribution in [3.05, 3.63) is 29.3 Å². The number of nitrogens with one attached hydrogen (secondary N) is 1. The lowest BCUT2D eigenvalue weighted by Gasteiger charge is -2.38. The predicted molar refractivity (Wildman–Crippen MR) is 64.8 cm³/mol. The summed E-state index contributed by atoms with van der Waals surface area (Å²) < 4.78 is 0. The molecule has 86 valence electrons. The van der Waals surface area contributed by atoms with E-state index >= 15 is 0 Å². The van der Waals surface area contributed by atoms with Gasteiger partial charge in [0.1, 0.15) is 5.75 Å². The monoisotopic (exact) mass is 217 g/mol. The van der Waals surface area contributed by atoms with Crippen LogP contribution < -0.4 is 5.32 Å². The molecule has 2 atom stereocenters. The smallest absolute Gasteiger partial charge is 0.115 e. The molecule has 1 aromatic rings. The van der Waals surface area contributed by atoms with Crippen LogP contribution in [0.4, 0.5) is 0 Å². The molecule has 1 unspecified atom stereocenters. The average molecular weight is 217 g/mol. The van der Waals surface area contributed by atoms with Crippen LogP contribution in [0, 0.1) is 5.92 Å². The normalized spacial score (nSPS) is 32.9. The zero-order chi connectivity index (χ0) is 11.2. The third-order valence-corrected chi connectivity index (χ3v) is 4.28. The van der Waals surface area contributed by atoms with Crippen LogP contribution in [0.25, 0.3) is 0 Å². The number of phenols is 1. The third kappa shape index (κ3) is 1.52. The Kier molecular flexibility index (Phi) is 2.21. The molecule has 2 heteroatoms. The van der Waals surface area contributed by atoms with E-state index in [4.69, 9.17) is 0 Å². The molecule has 2 nitrogen and oxygen atoms in total. The van der Waals surface area contributed by atoms with E-state index in [1.54, 1.807) is 0 Å². The fraction of sp³-hybridized carbons (Fsp3) is 0.571. The highest BCUT2D eigenvalue weighted by Gasteiger charge is 2.37. The van der Waals surface area contributed by atoms with Gasteiger partial charge in [-0.3, -0.25) is 0 Å². The molecule has 2 N–H and O–H groups in total. The molecule has 2 bridgehead atoms. The number of phenolic OH excluding ortho intramolecular Hbond substituents is 1. The molecule has 1 aromatic carbocycles. The van der Waals surface area contributed by atoms with Gasteiger partial charge < -0.3 is 10.4 Å². The molecule has 0 spiro atoms. The topological polar surface area (TPSA) is 32.3 Å². The fourth-order valence-corrected chi connectivity index (χ4v) is 3.49. The molecule has 0 amide bonds. The molecule has 0 saturated carbocycles. The van der Waals surface area contributed by atoms with Crippen molar-refractivity contribution in [1.29, 1.82) is 0 Å². The van der Waals surface area contributed by atoms with Gasteiger partial charge in [-0.15, -0.1) is 0 Å². The second kappa shape index (κ2) is 3.49. The Morgan fingerprint density at radius 3 is 3.19 bits per heavy atom. The van der Waals surface area contributed by atoms with Crippen LogP contribution in [0.3, 0.4) is 0 Å². The maximum atomic E-state index is 9.65. The molecule has 3 rings (SSSR count). The molecule has 0 aromatic heterocycles. The summed E-state index contributed by atoms with van der Waals surface area (Å²) in [5, 5.41) is 13.2. The van der Waals surface area contributed by atoms with Crippen molar-refractivity contribution in [3.8, 4) is 5.75 Å². The van der Waals surface area contributed by atoms with Crippen molar-refractivity contribution in [2.75, 3.05) is 13.1 Å². The Hall–Kier alpha value is -1.02. The van der Waals surface area contributed by atoms with E-state index < -0.39 is 0 Å². The van der Waals surface area contributed by atoms with Crippen molar-refractivity contribution in [2.45, 2.75) is 31.6 Å². The Morgan fingerprint density at radius 2 is 2.31 bits per heavy atom. The molecule has 1 saturated heterocycles. The van der Waals surface area contributed by atoms with Gasteiger partial charge in [0.05, 0.1) is 0 Å². The molecule has 1 aliphatic heterocycles. The first-order valence-electron chi connectivity index (χ1n) is 6.20. The van der Waals surface area contributed by atoms with E-state index in [9.17, 15) is 5.11 Å². The minimum Gasteiger partial charge on any atom is -0.508 e. The summed E-state index contributed by atoms with van der Waals surface area (Å²) in [5.74, 6) is 1.18. The molecule has 1 aliphatic carbocycles. The van der Waals surface area contributed by atoms with Gasteiger partial charge in [0, 0.05) is 0 Å². The number of aromatic hydroxyl groups is 1. The van der Waals surface area contributed by atoms with Crippen molar-refractivity contribution in [3.63, 3.8) is 0 Å². The summed E-state index contributed by atoms with van der Waals surface area (Å²) in [4.78, 5) is 0. The largest absolute Gasteiger partial charge is 0.508 e. The van der Waals surface area contributed by atoms with Gasteiger partial charge in [0.25, 0.3) is 0 Å². The Morgan fingerprint density at radius 1 is 1.44 bits per heavy atom. The highest BCUT2D eigenvalue weighted by atomic mass is 16.3. The Balaban J connectivity index is 2.11. The number of benzene rings is 1. The van der Waals surface area contributed by atoms with Gasteiger partial charge in [-0.2, -0.15) is 0 Å². The van der Waals surface area contributed by atoms with Gasteiger partial charge in [-0.1, -0.05) is 13.0 Å². The van der Waals surface area contributed by atoms with Gasteiger partial charge >= 0.3 is 0 Å². The molecular weight excluding hydrogens is 198 g/mol. The fourth-order valence-electron chi connectivity index (χ4n) is 3.49. The van der Waals surface area contributed by atoms with Crippen LogP contribution in [0.5, 0.6) is 5.75 Å².